The van der Waals surface area contributed by atoms with Crippen LogP contribution in [0.2, 0.25) is 10.0 Å². The zero-order valence-corrected chi connectivity index (χ0v) is 21.8. The van der Waals surface area contributed by atoms with Crippen LogP contribution >= 0.6 is 23.2 Å². The fraction of sp³-hybridized carbons (Fsp3) is 0.208. The number of benzene rings is 3. The van der Waals surface area contributed by atoms with Gasteiger partial charge in [0.15, 0.2) is 0 Å². The second-order valence-electron chi connectivity index (χ2n) is 7.38. The number of nitrogens with one attached hydrogen (secondary N) is 1. The number of ether oxygens (including phenoxy) is 3. The molecule has 3 aromatic rings. The molecule has 0 aliphatic heterocycles. The predicted molar refractivity (Wildman–Crippen MR) is 137 cm³/mol. The molecule has 3 rings (SSSR count). The van der Waals surface area contributed by atoms with Gasteiger partial charge in [0.05, 0.1) is 42.7 Å². The van der Waals surface area contributed by atoms with Crippen molar-refractivity contribution in [3.8, 4) is 17.2 Å². The van der Waals surface area contributed by atoms with E-state index in [2.05, 4.69) is 5.32 Å². The molecule has 1 N–H and O–H groups in total. The van der Waals surface area contributed by atoms with Crippen LogP contribution in [-0.2, 0) is 14.8 Å². The van der Waals surface area contributed by atoms with Gasteiger partial charge in [0.1, 0.15) is 28.7 Å². The molecule has 186 valence electrons. The molecule has 0 fully saturated rings. The predicted octanol–water partition coefficient (Wildman–Crippen LogP) is 5.16. The van der Waals surface area contributed by atoms with Gasteiger partial charge in [-0.15, -0.1) is 0 Å². The zero-order valence-electron chi connectivity index (χ0n) is 19.5. The largest absolute Gasteiger partial charge is 0.497 e. The van der Waals surface area contributed by atoms with Gasteiger partial charge in [-0.1, -0.05) is 29.3 Å². The number of anilines is 2. The molecular weight excluding hydrogens is 515 g/mol. The Labute approximate surface area is 214 Å². The van der Waals surface area contributed by atoms with E-state index in [1.165, 1.54) is 45.6 Å². The van der Waals surface area contributed by atoms with Crippen molar-refractivity contribution in [3.05, 3.63) is 70.2 Å². The van der Waals surface area contributed by atoms with E-state index in [1.54, 1.807) is 37.3 Å². The van der Waals surface area contributed by atoms with Gasteiger partial charge in [-0.2, -0.15) is 0 Å². The topological polar surface area (TPSA) is 94.2 Å². The second kappa shape index (κ2) is 11.1. The summed E-state index contributed by atoms with van der Waals surface area (Å²) in [6, 6.07) is 13.9. The summed E-state index contributed by atoms with van der Waals surface area (Å²) in [4.78, 5) is 13.0. The SMILES string of the molecule is COc1ccc(OC)c(NC(=O)CN(c2ccc(Cl)c(Cl)c2)S(=O)(=O)c2cc(C)ccc2OC)c1. The Morgan fingerprint density at radius 1 is 0.886 bits per heavy atom. The molecule has 0 atom stereocenters. The first-order chi connectivity index (χ1) is 16.6. The summed E-state index contributed by atoms with van der Waals surface area (Å²) in [5.74, 6) is 0.372. The number of hydrogen-bond donors (Lipinski definition) is 1. The van der Waals surface area contributed by atoms with Gasteiger partial charge in [-0.05, 0) is 55.0 Å². The molecule has 0 saturated heterocycles. The van der Waals surface area contributed by atoms with Crippen molar-refractivity contribution in [2.45, 2.75) is 11.8 Å². The van der Waals surface area contributed by atoms with E-state index in [9.17, 15) is 13.2 Å². The van der Waals surface area contributed by atoms with Crippen LogP contribution in [0.1, 0.15) is 5.56 Å². The van der Waals surface area contributed by atoms with Crippen molar-refractivity contribution in [2.75, 3.05) is 37.5 Å². The van der Waals surface area contributed by atoms with Gasteiger partial charge >= 0.3 is 0 Å². The van der Waals surface area contributed by atoms with Crippen LogP contribution in [0.25, 0.3) is 0 Å². The minimum absolute atomic E-state index is 0.0992. The second-order valence-corrected chi connectivity index (χ2v) is 10.0. The zero-order chi connectivity index (χ0) is 25.8. The van der Waals surface area contributed by atoms with Gasteiger partial charge < -0.3 is 19.5 Å². The molecular formula is C24H24Cl2N2O6S. The van der Waals surface area contributed by atoms with Crippen LogP contribution in [0.3, 0.4) is 0 Å². The molecule has 0 heterocycles. The van der Waals surface area contributed by atoms with E-state index >= 15 is 0 Å². The monoisotopic (exact) mass is 538 g/mol. The maximum Gasteiger partial charge on any atom is 0.268 e. The number of hydrogen-bond acceptors (Lipinski definition) is 6. The van der Waals surface area contributed by atoms with Gasteiger partial charge in [0, 0.05) is 6.07 Å². The Balaban J connectivity index is 2.06. The van der Waals surface area contributed by atoms with Crippen LogP contribution in [0.4, 0.5) is 11.4 Å². The Hall–Kier alpha value is -3.14. The number of rotatable bonds is 9. The molecule has 8 nitrogen and oxygen atoms in total. The summed E-state index contributed by atoms with van der Waals surface area (Å²) in [5.41, 5.74) is 1.16. The first kappa shape index (κ1) is 26.5. The van der Waals surface area contributed by atoms with Crippen molar-refractivity contribution < 1.29 is 27.4 Å². The number of sulfonamides is 1. The molecule has 11 heteroatoms. The highest BCUT2D eigenvalue weighted by Crippen LogP contribution is 2.34. The van der Waals surface area contributed by atoms with Crippen LogP contribution in [0, 0.1) is 6.92 Å². The summed E-state index contributed by atoms with van der Waals surface area (Å²) in [7, 11) is 0.0347. The Bertz CT molecular complexity index is 1350. The van der Waals surface area contributed by atoms with Crippen LogP contribution in [0.15, 0.2) is 59.5 Å². The molecule has 0 aliphatic carbocycles. The van der Waals surface area contributed by atoms with E-state index < -0.39 is 22.5 Å². The van der Waals surface area contributed by atoms with Gasteiger partial charge in [0.25, 0.3) is 10.0 Å². The lowest BCUT2D eigenvalue weighted by atomic mass is 10.2. The third kappa shape index (κ3) is 5.93. The fourth-order valence-corrected chi connectivity index (χ4v) is 5.24. The molecule has 35 heavy (non-hydrogen) atoms. The van der Waals surface area contributed by atoms with Crippen LogP contribution in [0.5, 0.6) is 17.2 Å². The van der Waals surface area contributed by atoms with Crippen molar-refractivity contribution in [3.63, 3.8) is 0 Å². The average molecular weight is 539 g/mol. The van der Waals surface area contributed by atoms with Gasteiger partial charge in [-0.3, -0.25) is 9.10 Å². The molecule has 0 bridgehead atoms. The quantitative estimate of drug-likeness (QED) is 0.404. The molecule has 0 radical (unpaired) electrons. The van der Waals surface area contributed by atoms with Gasteiger partial charge in [-0.25, -0.2) is 8.42 Å². The Morgan fingerprint density at radius 3 is 2.20 bits per heavy atom. The molecule has 0 saturated carbocycles. The molecule has 0 spiro atoms. The van der Waals surface area contributed by atoms with Crippen molar-refractivity contribution in [1.29, 1.82) is 0 Å². The van der Waals surface area contributed by atoms with E-state index in [1.807, 2.05) is 0 Å². The molecule has 0 unspecified atom stereocenters. The highest BCUT2D eigenvalue weighted by Gasteiger charge is 2.31. The minimum Gasteiger partial charge on any atom is -0.497 e. The Morgan fingerprint density at radius 2 is 1.57 bits per heavy atom. The van der Waals surface area contributed by atoms with E-state index in [-0.39, 0.29) is 26.4 Å². The number of aryl methyl sites for hydroxylation is 1. The van der Waals surface area contributed by atoms with Crippen LogP contribution in [-0.4, -0.2) is 42.2 Å². The number of amides is 1. The highest BCUT2D eigenvalue weighted by molar-refractivity contribution is 7.93. The third-order valence-electron chi connectivity index (χ3n) is 5.05. The normalized spacial score (nSPS) is 11.0. The number of methoxy groups -OCH3 is 3. The van der Waals surface area contributed by atoms with E-state index in [0.717, 1.165) is 4.31 Å². The van der Waals surface area contributed by atoms with Crippen molar-refractivity contribution in [1.82, 2.24) is 0 Å². The maximum absolute atomic E-state index is 13.8. The number of carbonyl (C=O) groups is 1. The maximum atomic E-state index is 13.8. The minimum atomic E-state index is -4.28. The standard InChI is InChI=1S/C24H24Cl2N2O6S/c1-15-5-9-22(34-4)23(11-15)35(30,31)28(16-6-8-18(25)19(26)12-16)14-24(29)27-20-13-17(32-2)7-10-21(20)33-3/h5-13H,14H2,1-4H3,(H,27,29). The lowest BCUT2D eigenvalue weighted by Gasteiger charge is -2.25. The first-order valence-corrected chi connectivity index (χ1v) is 12.4. The number of halogens is 2. The fourth-order valence-electron chi connectivity index (χ4n) is 3.29. The van der Waals surface area contributed by atoms with E-state index in [4.69, 9.17) is 37.4 Å². The summed E-state index contributed by atoms with van der Waals surface area (Å²) in [6.45, 7) is 1.18. The molecule has 0 aromatic heterocycles. The smallest absolute Gasteiger partial charge is 0.268 e. The molecule has 1 amide bonds. The summed E-state index contributed by atoms with van der Waals surface area (Å²) < 4.78 is 44.4. The number of nitrogens with zero attached hydrogens (tertiary/aromatic N) is 1. The van der Waals surface area contributed by atoms with Crippen molar-refractivity contribution >= 4 is 50.5 Å². The average Bonchev–Trinajstić information content (AvgIpc) is 2.84. The lowest BCUT2D eigenvalue weighted by Crippen LogP contribution is -2.38. The summed E-state index contributed by atoms with van der Waals surface area (Å²) in [5, 5.41) is 3.06. The van der Waals surface area contributed by atoms with Crippen molar-refractivity contribution in [2.24, 2.45) is 0 Å². The highest BCUT2D eigenvalue weighted by atomic mass is 35.5. The third-order valence-corrected chi connectivity index (χ3v) is 7.58. The molecule has 0 aliphatic rings. The molecule has 3 aromatic carbocycles. The van der Waals surface area contributed by atoms with Gasteiger partial charge in [0.2, 0.25) is 5.91 Å². The lowest BCUT2D eigenvalue weighted by molar-refractivity contribution is -0.114. The summed E-state index contributed by atoms with van der Waals surface area (Å²) in [6.07, 6.45) is 0. The van der Waals surface area contributed by atoms with Crippen LogP contribution < -0.4 is 23.8 Å². The number of carbonyl (C=O) groups excluding carboxylic acids is 1. The summed E-state index contributed by atoms with van der Waals surface area (Å²) >= 11 is 12.2. The first-order valence-electron chi connectivity index (χ1n) is 10.2. The Kier molecular flexibility index (Phi) is 8.37. The van der Waals surface area contributed by atoms with E-state index in [0.29, 0.717) is 22.7 Å².